The number of hydrogen-bond donors (Lipinski definition) is 4. The second-order valence-corrected chi connectivity index (χ2v) is 14.8. The van der Waals surface area contributed by atoms with Gasteiger partial charge in [0.2, 0.25) is 0 Å². The van der Waals surface area contributed by atoms with Crippen LogP contribution in [0.2, 0.25) is 0 Å². The maximum absolute atomic E-state index is 14.0. The summed E-state index contributed by atoms with van der Waals surface area (Å²) in [7, 11) is 0. The molecule has 232 valence electrons. The number of ketones is 2. The van der Waals surface area contributed by atoms with Gasteiger partial charge in [-0.05, 0) is 96.2 Å². The molecule has 44 heavy (non-hydrogen) atoms. The fourth-order valence-corrected chi connectivity index (χ4v) is 10.7. The number of phenols is 1. The number of nitrogens with two attached hydrogens (primary N) is 1. The Morgan fingerprint density at radius 2 is 1.77 bits per heavy atom. The Morgan fingerprint density at radius 1 is 1.05 bits per heavy atom. The molecule has 9 atom stereocenters. The fraction of sp³-hybridized carbons (Fsp3) is 0.514. The van der Waals surface area contributed by atoms with Gasteiger partial charge in [0.25, 0.3) is 0 Å². The van der Waals surface area contributed by atoms with Crippen molar-refractivity contribution >= 4 is 17.3 Å². The van der Waals surface area contributed by atoms with E-state index in [4.69, 9.17) is 10.5 Å². The van der Waals surface area contributed by atoms with Gasteiger partial charge in [0.1, 0.15) is 12.4 Å². The molecule has 7 heteroatoms. The molecule has 2 aromatic carbocycles. The van der Waals surface area contributed by atoms with Gasteiger partial charge < -0.3 is 25.8 Å². The standard InChI is InChI=1S/C37H43NO6/c1-34-13-12-25(40)16-24(34)9-10-26-33(34)29(42)17-36(3)35(26,2)19-32-37(36,31(43)20-39)18-30(44-32)23-7-4-21(5-8-23)14-22-6-11-28(41)27(38)15-22/h4-8,11-13,15-16,26,29-30,32-33,39,41-42H,9-10,14,17-20,38H2,1-3H3/t26-,29+,30-,32-,33-,34+,35+,36+,37+/m1/s1. The van der Waals surface area contributed by atoms with Crippen LogP contribution in [0.25, 0.3) is 0 Å². The molecule has 4 aliphatic carbocycles. The summed E-state index contributed by atoms with van der Waals surface area (Å²) < 4.78 is 6.84. The van der Waals surface area contributed by atoms with E-state index in [9.17, 15) is 24.9 Å². The average molecular weight is 598 g/mol. The molecule has 0 aromatic heterocycles. The maximum Gasteiger partial charge on any atom is 0.178 e. The van der Waals surface area contributed by atoms with Crippen LogP contribution < -0.4 is 5.73 Å². The highest BCUT2D eigenvalue weighted by atomic mass is 16.5. The number of rotatable bonds is 5. The minimum Gasteiger partial charge on any atom is -0.506 e. The molecule has 0 bridgehead atoms. The van der Waals surface area contributed by atoms with Crippen LogP contribution in [0.15, 0.2) is 66.3 Å². The number of Topliss-reactive ketones (excluding diaryl/α,β-unsaturated/α-hetero) is 1. The highest BCUT2D eigenvalue weighted by Gasteiger charge is 2.78. The number of allylic oxidation sites excluding steroid dienone is 4. The lowest BCUT2D eigenvalue weighted by atomic mass is 9.39. The molecule has 0 radical (unpaired) electrons. The Morgan fingerprint density at radius 3 is 2.48 bits per heavy atom. The molecule has 7 nitrogen and oxygen atoms in total. The van der Waals surface area contributed by atoms with Gasteiger partial charge in [-0.2, -0.15) is 0 Å². The molecule has 5 N–H and O–H groups in total. The topological polar surface area (TPSA) is 130 Å². The Bertz CT molecular complexity index is 1600. The smallest absolute Gasteiger partial charge is 0.178 e. The molecule has 1 saturated heterocycles. The number of ether oxygens (including phenoxy) is 1. The largest absolute Gasteiger partial charge is 0.506 e. The van der Waals surface area contributed by atoms with Crippen LogP contribution in [0.3, 0.4) is 0 Å². The van der Waals surface area contributed by atoms with E-state index in [0.717, 1.165) is 35.1 Å². The Kier molecular flexibility index (Phi) is 6.61. The molecule has 4 fully saturated rings. The zero-order valence-electron chi connectivity index (χ0n) is 25.8. The summed E-state index contributed by atoms with van der Waals surface area (Å²) in [6.45, 7) is 6.07. The highest BCUT2D eigenvalue weighted by Crippen LogP contribution is 2.78. The van der Waals surface area contributed by atoms with Gasteiger partial charge >= 0.3 is 0 Å². The SMILES string of the molecule is C[C@]12C[C@H](O)[C@H]3[C@@H](CCC4=CC(=O)C=C[C@@]43C)[C@]1(C)C[C@H]1O[C@@H](c3ccc(Cc4ccc(O)c(N)c4)cc3)C[C@]12C(=O)CO. The number of phenolic OH excluding ortho intramolecular Hbond substituents is 1. The Labute approximate surface area is 258 Å². The third-order valence-corrected chi connectivity index (χ3v) is 13.0. The number of nitrogen functional groups attached to an aromatic ring is 1. The summed E-state index contributed by atoms with van der Waals surface area (Å²) in [4.78, 5) is 26.2. The van der Waals surface area contributed by atoms with Crippen LogP contribution in [-0.4, -0.2) is 45.7 Å². The predicted molar refractivity (Wildman–Crippen MR) is 167 cm³/mol. The number of hydrogen-bond acceptors (Lipinski definition) is 7. The van der Waals surface area contributed by atoms with Gasteiger partial charge in [0.05, 0.1) is 29.4 Å². The summed E-state index contributed by atoms with van der Waals surface area (Å²) in [5, 5.41) is 32.1. The van der Waals surface area contributed by atoms with Crippen molar-refractivity contribution in [3.63, 3.8) is 0 Å². The number of aliphatic hydroxyl groups is 2. The first-order valence-electron chi connectivity index (χ1n) is 15.9. The second-order valence-electron chi connectivity index (χ2n) is 14.8. The van der Waals surface area contributed by atoms with E-state index < -0.39 is 29.0 Å². The molecule has 7 rings (SSSR count). The van der Waals surface area contributed by atoms with E-state index in [0.29, 0.717) is 31.4 Å². The highest BCUT2D eigenvalue weighted by molar-refractivity contribution is 6.01. The third kappa shape index (κ3) is 3.85. The lowest BCUT2D eigenvalue weighted by Crippen LogP contribution is -2.63. The van der Waals surface area contributed by atoms with Crippen molar-refractivity contribution in [3.05, 3.63) is 83.0 Å². The van der Waals surface area contributed by atoms with E-state index in [-0.39, 0.29) is 46.8 Å². The Hall–Kier alpha value is -3.26. The van der Waals surface area contributed by atoms with Crippen LogP contribution in [0, 0.1) is 33.5 Å². The molecule has 0 amide bonds. The summed E-state index contributed by atoms with van der Waals surface area (Å²) in [5.74, 6) is -0.0172. The fourth-order valence-electron chi connectivity index (χ4n) is 10.7. The molecule has 2 aromatic rings. The molecule has 0 spiro atoms. The number of fused-ring (bicyclic) bond motifs is 7. The third-order valence-electron chi connectivity index (χ3n) is 13.0. The zero-order valence-corrected chi connectivity index (χ0v) is 25.8. The average Bonchev–Trinajstić information content (AvgIpc) is 3.46. The molecule has 3 saturated carbocycles. The van der Waals surface area contributed by atoms with Crippen LogP contribution in [0.5, 0.6) is 5.75 Å². The summed E-state index contributed by atoms with van der Waals surface area (Å²) in [5.41, 5.74) is 8.25. The monoisotopic (exact) mass is 597 g/mol. The molecular formula is C37H43NO6. The molecule has 1 heterocycles. The Balaban J connectivity index is 1.19. The lowest BCUT2D eigenvalue weighted by molar-refractivity contribution is -0.185. The van der Waals surface area contributed by atoms with Crippen molar-refractivity contribution in [2.75, 3.05) is 12.3 Å². The molecule has 0 unspecified atom stereocenters. The first-order chi connectivity index (χ1) is 20.9. The van der Waals surface area contributed by atoms with Crippen molar-refractivity contribution in [1.29, 1.82) is 0 Å². The minimum absolute atomic E-state index is 0.0118. The minimum atomic E-state index is -0.912. The van der Waals surface area contributed by atoms with Crippen molar-refractivity contribution in [1.82, 2.24) is 0 Å². The van der Waals surface area contributed by atoms with Crippen LogP contribution >= 0.6 is 0 Å². The number of carbonyl (C=O) groups is 2. The van der Waals surface area contributed by atoms with Gasteiger partial charge in [-0.1, -0.05) is 62.8 Å². The van der Waals surface area contributed by atoms with Gasteiger partial charge in [-0.15, -0.1) is 0 Å². The number of carbonyl (C=O) groups excluding carboxylic acids is 2. The van der Waals surface area contributed by atoms with E-state index in [1.807, 2.05) is 12.1 Å². The van der Waals surface area contributed by atoms with Crippen molar-refractivity contribution in [2.24, 2.45) is 33.5 Å². The van der Waals surface area contributed by atoms with E-state index in [1.54, 1.807) is 24.3 Å². The van der Waals surface area contributed by atoms with Gasteiger partial charge in [-0.25, -0.2) is 0 Å². The van der Waals surface area contributed by atoms with Gasteiger partial charge in [0.15, 0.2) is 11.6 Å². The molecule has 1 aliphatic heterocycles. The first kappa shape index (κ1) is 29.5. The van der Waals surface area contributed by atoms with Crippen molar-refractivity contribution in [3.8, 4) is 5.75 Å². The molecular weight excluding hydrogens is 554 g/mol. The molecule has 5 aliphatic rings. The second kappa shape index (κ2) is 9.87. The van der Waals surface area contributed by atoms with Crippen LogP contribution in [0.4, 0.5) is 5.69 Å². The van der Waals surface area contributed by atoms with Crippen molar-refractivity contribution < 1.29 is 29.6 Å². The van der Waals surface area contributed by atoms with Gasteiger partial charge in [0, 0.05) is 11.3 Å². The number of benzene rings is 2. The zero-order chi connectivity index (χ0) is 31.2. The first-order valence-corrected chi connectivity index (χ1v) is 15.9. The number of anilines is 1. The number of aliphatic hydroxyl groups excluding tert-OH is 2. The quantitative estimate of drug-likeness (QED) is 0.275. The van der Waals surface area contributed by atoms with Gasteiger partial charge in [-0.3, -0.25) is 9.59 Å². The summed E-state index contributed by atoms with van der Waals surface area (Å²) >= 11 is 0. The normalized spacial score (nSPS) is 40.5. The van der Waals surface area contributed by atoms with Crippen molar-refractivity contribution in [2.45, 2.75) is 77.6 Å². The van der Waals surface area contributed by atoms with E-state index in [1.165, 1.54) is 0 Å². The summed E-state index contributed by atoms with van der Waals surface area (Å²) in [6.07, 6.45) is 8.03. The summed E-state index contributed by atoms with van der Waals surface area (Å²) in [6, 6.07) is 13.5. The predicted octanol–water partition coefficient (Wildman–Crippen LogP) is 5.22. The van der Waals surface area contributed by atoms with Crippen LogP contribution in [0.1, 0.15) is 75.7 Å². The van der Waals surface area contributed by atoms with E-state index in [2.05, 4.69) is 45.0 Å². The number of aromatic hydroxyl groups is 1. The van der Waals surface area contributed by atoms with Crippen LogP contribution in [-0.2, 0) is 20.7 Å². The lowest BCUT2D eigenvalue weighted by Gasteiger charge is -2.64. The van der Waals surface area contributed by atoms with E-state index >= 15 is 0 Å². The maximum atomic E-state index is 14.0.